The summed E-state index contributed by atoms with van der Waals surface area (Å²) >= 11 is 0. The lowest BCUT2D eigenvalue weighted by Crippen LogP contribution is -2.26. The Labute approximate surface area is 189 Å². The molecule has 3 N–H and O–H groups in total. The fourth-order valence-corrected chi connectivity index (χ4v) is 4.42. The topological polar surface area (TPSA) is 60.7 Å². The lowest BCUT2D eigenvalue weighted by atomic mass is 9.70. The molecule has 0 aromatic heterocycles. The van der Waals surface area contributed by atoms with Crippen molar-refractivity contribution >= 4 is 0 Å². The summed E-state index contributed by atoms with van der Waals surface area (Å²) < 4.78 is 0. The van der Waals surface area contributed by atoms with E-state index in [0.717, 1.165) is 27.8 Å². The molecule has 0 fully saturated rings. The Morgan fingerprint density at radius 2 is 0.812 bits per heavy atom. The van der Waals surface area contributed by atoms with Crippen molar-refractivity contribution in [3.05, 3.63) is 125 Å². The lowest BCUT2D eigenvalue weighted by Gasteiger charge is -2.33. The summed E-state index contributed by atoms with van der Waals surface area (Å²) in [5.74, 6) is 0.665. The van der Waals surface area contributed by atoms with Crippen LogP contribution in [0.3, 0.4) is 0 Å². The second-order valence-corrected chi connectivity index (χ2v) is 8.98. The van der Waals surface area contributed by atoms with Gasteiger partial charge in [0.25, 0.3) is 0 Å². The van der Waals surface area contributed by atoms with Crippen LogP contribution in [0.25, 0.3) is 0 Å². The summed E-state index contributed by atoms with van der Waals surface area (Å²) in [6.45, 7) is 6.38. The maximum atomic E-state index is 10.2. The molecule has 0 saturated heterocycles. The molecule has 0 amide bonds. The van der Waals surface area contributed by atoms with E-state index in [1.807, 2.05) is 36.4 Å². The van der Waals surface area contributed by atoms with E-state index in [1.165, 1.54) is 0 Å². The second-order valence-electron chi connectivity index (χ2n) is 8.98. The number of phenolic OH excluding ortho intramolecular Hbond substituents is 3. The van der Waals surface area contributed by atoms with E-state index >= 15 is 0 Å². The summed E-state index contributed by atoms with van der Waals surface area (Å²) in [4.78, 5) is 0. The van der Waals surface area contributed by atoms with Crippen LogP contribution in [0.2, 0.25) is 0 Å². The van der Waals surface area contributed by atoms with Gasteiger partial charge >= 0.3 is 0 Å². The third-order valence-electron chi connectivity index (χ3n) is 6.60. The number of rotatable bonds is 5. The highest BCUT2D eigenvalue weighted by Crippen LogP contribution is 2.42. The third kappa shape index (κ3) is 3.82. The Hall–Kier alpha value is -3.72. The van der Waals surface area contributed by atoms with Crippen LogP contribution in [0, 0.1) is 0 Å². The lowest BCUT2D eigenvalue weighted by molar-refractivity contribution is 0.470. The van der Waals surface area contributed by atoms with Crippen LogP contribution >= 0.6 is 0 Å². The molecule has 162 valence electrons. The molecular formula is C29H28O3. The monoisotopic (exact) mass is 424 g/mol. The van der Waals surface area contributed by atoms with Crippen molar-refractivity contribution in [1.82, 2.24) is 0 Å². The van der Waals surface area contributed by atoms with Gasteiger partial charge in [-0.2, -0.15) is 0 Å². The smallest absolute Gasteiger partial charge is 0.115 e. The van der Waals surface area contributed by atoms with Crippen LogP contribution in [-0.4, -0.2) is 15.3 Å². The zero-order valence-corrected chi connectivity index (χ0v) is 18.6. The summed E-state index contributed by atoms with van der Waals surface area (Å²) in [5, 5.41) is 30.2. The van der Waals surface area contributed by atoms with E-state index in [4.69, 9.17) is 0 Å². The van der Waals surface area contributed by atoms with Crippen LogP contribution in [0.15, 0.2) is 97.1 Å². The van der Waals surface area contributed by atoms with Crippen LogP contribution in [0.4, 0.5) is 0 Å². The van der Waals surface area contributed by atoms with Gasteiger partial charge in [0.15, 0.2) is 0 Å². The Bertz CT molecular complexity index is 1190. The van der Waals surface area contributed by atoms with Crippen molar-refractivity contribution < 1.29 is 15.3 Å². The van der Waals surface area contributed by atoms with Crippen LogP contribution in [0.5, 0.6) is 17.2 Å². The van der Waals surface area contributed by atoms with E-state index in [1.54, 1.807) is 36.4 Å². The molecule has 4 rings (SSSR count). The van der Waals surface area contributed by atoms with E-state index in [0.29, 0.717) is 0 Å². The normalized spacial score (nSPS) is 12.0. The molecule has 0 heterocycles. The molecule has 0 unspecified atom stereocenters. The average Bonchev–Trinajstić information content (AvgIpc) is 2.78. The molecule has 0 aliphatic heterocycles. The summed E-state index contributed by atoms with van der Waals surface area (Å²) in [7, 11) is 0. The van der Waals surface area contributed by atoms with Gasteiger partial charge in [-0.25, -0.2) is 0 Å². The third-order valence-corrected chi connectivity index (χ3v) is 6.60. The highest BCUT2D eigenvalue weighted by atomic mass is 16.3. The molecule has 0 aliphatic carbocycles. The van der Waals surface area contributed by atoms with E-state index in [2.05, 4.69) is 45.0 Å². The first-order valence-electron chi connectivity index (χ1n) is 10.7. The number of benzene rings is 4. The van der Waals surface area contributed by atoms with Crippen molar-refractivity contribution in [3.63, 3.8) is 0 Å². The quantitative estimate of drug-likeness (QED) is 0.321. The van der Waals surface area contributed by atoms with Crippen molar-refractivity contribution in [2.24, 2.45) is 0 Å². The molecule has 3 nitrogen and oxygen atoms in total. The Balaban J connectivity index is 1.83. The minimum absolute atomic E-state index is 0.204. The number of hydrogen-bond acceptors (Lipinski definition) is 3. The van der Waals surface area contributed by atoms with Crippen LogP contribution in [0.1, 0.15) is 48.6 Å². The van der Waals surface area contributed by atoms with Gasteiger partial charge in [0.2, 0.25) is 0 Å². The standard InChI is InChI=1S/C29H28O3/c1-28(2,22-7-4-10-25(30)17-22)20-13-15-21(16-14-20)29(3,23-8-5-11-26(31)18-23)24-9-6-12-27(32)19-24/h4-19,30-32H,1-3H3. The van der Waals surface area contributed by atoms with Gasteiger partial charge in [0, 0.05) is 10.8 Å². The Morgan fingerprint density at radius 3 is 1.25 bits per heavy atom. The maximum absolute atomic E-state index is 10.2. The molecule has 0 bridgehead atoms. The summed E-state index contributed by atoms with van der Waals surface area (Å²) in [6, 6.07) is 30.3. The second kappa shape index (κ2) is 8.08. The first-order chi connectivity index (χ1) is 15.2. The molecule has 0 atom stereocenters. The van der Waals surface area contributed by atoms with Gasteiger partial charge < -0.3 is 15.3 Å². The molecule has 4 aromatic carbocycles. The molecule has 0 radical (unpaired) electrons. The van der Waals surface area contributed by atoms with Crippen molar-refractivity contribution in [1.29, 1.82) is 0 Å². The molecule has 4 aromatic rings. The highest BCUT2D eigenvalue weighted by molar-refractivity contribution is 5.53. The molecule has 0 aliphatic rings. The van der Waals surface area contributed by atoms with Crippen LogP contribution in [-0.2, 0) is 10.8 Å². The highest BCUT2D eigenvalue weighted by Gasteiger charge is 2.32. The summed E-state index contributed by atoms with van der Waals surface area (Å²) in [6.07, 6.45) is 0. The number of hydrogen-bond donors (Lipinski definition) is 3. The Kier molecular flexibility index (Phi) is 5.43. The minimum atomic E-state index is -0.578. The fraction of sp³-hybridized carbons (Fsp3) is 0.172. The first kappa shape index (κ1) is 21.5. The summed E-state index contributed by atoms with van der Waals surface area (Å²) in [5.41, 5.74) is 4.21. The van der Waals surface area contributed by atoms with Gasteiger partial charge in [-0.05, 0) is 71.1 Å². The van der Waals surface area contributed by atoms with Gasteiger partial charge in [-0.1, -0.05) is 74.5 Å². The zero-order chi connectivity index (χ0) is 22.9. The number of phenols is 3. The largest absolute Gasteiger partial charge is 0.508 e. The predicted molar refractivity (Wildman–Crippen MR) is 128 cm³/mol. The first-order valence-corrected chi connectivity index (χ1v) is 10.7. The predicted octanol–water partition coefficient (Wildman–Crippen LogP) is 6.48. The molecule has 0 saturated carbocycles. The van der Waals surface area contributed by atoms with Crippen molar-refractivity contribution in [3.8, 4) is 17.2 Å². The average molecular weight is 425 g/mol. The zero-order valence-electron chi connectivity index (χ0n) is 18.6. The van der Waals surface area contributed by atoms with Gasteiger partial charge in [0.1, 0.15) is 17.2 Å². The van der Waals surface area contributed by atoms with E-state index in [9.17, 15) is 15.3 Å². The van der Waals surface area contributed by atoms with Crippen LogP contribution < -0.4 is 0 Å². The van der Waals surface area contributed by atoms with Gasteiger partial charge in [-0.15, -0.1) is 0 Å². The SMILES string of the molecule is CC(C)(c1ccc(C(C)(c2cccc(O)c2)c2cccc(O)c2)cc1)c1cccc(O)c1. The van der Waals surface area contributed by atoms with Crippen molar-refractivity contribution in [2.75, 3.05) is 0 Å². The van der Waals surface area contributed by atoms with Gasteiger partial charge in [-0.3, -0.25) is 0 Å². The minimum Gasteiger partial charge on any atom is -0.508 e. The molecular weight excluding hydrogens is 396 g/mol. The van der Waals surface area contributed by atoms with E-state index < -0.39 is 5.41 Å². The van der Waals surface area contributed by atoms with Crippen molar-refractivity contribution in [2.45, 2.75) is 31.6 Å². The maximum Gasteiger partial charge on any atom is 0.115 e. The fourth-order valence-electron chi connectivity index (χ4n) is 4.42. The van der Waals surface area contributed by atoms with E-state index in [-0.39, 0.29) is 22.7 Å². The number of aromatic hydroxyl groups is 3. The molecule has 32 heavy (non-hydrogen) atoms. The Morgan fingerprint density at radius 1 is 0.438 bits per heavy atom. The molecule has 3 heteroatoms. The molecule has 0 spiro atoms. The van der Waals surface area contributed by atoms with Gasteiger partial charge in [0.05, 0.1) is 0 Å².